The molecule has 5 rings (SSSR count). The number of nitrogens with one attached hydrogen (secondary N) is 2. The number of benzene rings is 4. The second-order valence-corrected chi connectivity index (χ2v) is 21.6. The van der Waals surface area contributed by atoms with Crippen molar-refractivity contribution in [3.8, 4) is 5.75 Å². The molecule has 3 atom stereocenters. The smallest absolute Gasteiger partial charge is 0.338 e. The molecule has 14 nitrogen and oxygen atoms in total. The van der Waals surface area contributed by atoms with Crippen molar-refractivity contribution in [3.05, 3.63) is 123 Å². The molecular weight excluding hydrogens is 996 g/mol. The highest BCUT2D eigenvalue weighted by atomic mass is 35.5. The number of anilines is 2. The van der Waals surface area contributed by atoms with Gasteiger partial charge in [0.2, 0.25) is 12.3 Å². The van der Waals surface area contributed by atoms with Crippen molar-refractivity contribution in [3.63, 3.8) is 0 Å². The molecule has 0 radical (unpaired) electrons. The Morgan fingerprint density at radius 2 is 1.17 bits per heavy atom. The molecule has 4 aromatic rings. The summed E-state index contributed by atoms with van der Waals surface area (Å²) in [7, 11) is 0. The Balaban J connectivity index is 0.000000392. The van der Waals surface area contributed by atoms with Crippen LogP contribution in [0.25, 0.3) is 0 Å². The van der Waals surface area contributed by atoms with Gasteiger partial charge in [0, 0.05) is 17.4 Å². The van der Waals surface area contributed by atoms with Gasteiger partial charge in [0.25, 0.3) is 17.7 Å². The molecule has 1 aliphatic rings. The number of halogens is 2. The average Bonchev–Trinajstić information content (AvgIpc) is 3.58. The van der Waals surface area contributed by atoms with Gasteiger partial charge in [0.15, 0.2) is 17.6 Å². The van der Waals surface area contributed by atoms with Gasteiger partial charge in [-0.25, -0.2) is 14.5 Å². The third-order valence-corrected chi connectivity index (χ3v) is 12.9. The maximum Gasteiger partial charge on any atom is 0.338 e. The first kappa shape index (κ1) is 61.5. The van der Waals surface area contributed by atoms with Crippen LogP contribution >= 0.6 is 23.2 Å². The normalized spacial score (nSPS) is 14.4. The predicted octanol–water partition coefficient (Wildman–Crippen LogP) is 13.1. The Bertz CT molecular complexity index is 2580. The first-order valence-electron chi connectivity index (χ1n) is 25.9. The molecule has 16 heteroatoms. The maximum absolute atomic E-state index is 13.9. The summed E-state index contributed by atoms with van der Waals surface area (Å²) in [6, 6.07) is 23.2. The summed E-state index contributed by atoms with van der Waals surface area (Å²) in [5, 5.41) is 5.81. The second-order valence-electron chi connectivity index (χ2n) is 20.8. The highest BCUT2D eigenvalue weighted by Gasteiger charge is 2.54. The number of esters is 1. The molecule has 1 saturated heterocycles. The van der Waals surface area contributed by atoms with Crippen LogP contribution in [0.5, 0.6) is 5.75 Å². The van der Waals surface area contributed by atoms with Gasteiger partial charge in [-0.2, -0.15) is 0 Å². The molecule has 3 unspecified atom stereocenters. The summed E-state index contributed by atoms with van der Waals surface area (Å²) < 4.78 is 16.9. The van der Waals surface area contributed by atoms with Crippen LogP contribution in [0.2, 0.25) is 10.0 Å². The minimum absolute atomic E-state index is 0.0275. The van der Waals surface area contributed by atoms with Crippen LogP contribution in [0.4, 0.5) is 16.2 Å². The molecule has 5 amide bonds. The SMILES string of the molecule is CCCCCCCCCCCCOC(=O)c1ccc(Cl)c(NC(=O)C(C(=O)C(C)(C)C)N2C(=O)C(OCC)N(Cc3ccccc3)C2=O)c1.Cc1ccc(OC(C(=O)Nc2cc(C)ccc2Cl)C(=O)C(C)(C)C)cc1. The van der Waals surface area contributed by atoms with Gasteiger partial charge in [-0.05, 0) is 80.8 Å². The van der Waals surface area contributed by atoms with Gasteiger partial charge in [0.1, 0.15) is 5.75 Å². The van der Waals surface area contributed by atoms with Gasteiger partial charge in [-0.1, -0.05) is 184 Å². The van der Waals surface area contributed by atoms with Crippen LogP contribution in [-0.2, 0) is 40.0 Å². The number of hydrogen-bond donors (Lipinski definition) is 2. The fourth-order valence-electron chi connectivity index (χ4n) is 7.93. The highest BCUT2D eigenvalue weighted by Crippen LogP contribution is 2.31. The molecule has 1 heterocycles. The Labute approximate surface area is 453 Å². The van der Waals surface area contributed by atoms with Crippen molar-refractivity contribution < 1.29 is 47.8 Å². The van der Waals surface area contributed by atoms with E-state index in [4.69, 9.17) is 37.4 Å². The molecule has 4 aromatic carbocycles. The van der Waals surface area contributed by atoms with Crippen LogP contribution < -0.4 is 15.4 Å². The van der Waals surface area contributed by atoms with Gasteiger partial charge in [-0.3, -0.25) is 28.9 Å². The number of amides is 5. The lowest BCUT2D eigenvalue weighted by molar-refractivity contribution is -0.149. The summed E-state index contributed by atoms with van der Waals surface area (Å²) in [6.45, 7) is 18.2. The number of imide groups is 1. The first-order valence-corrected chi connectivity index (χ1v) is 26.7. The highest BCUT2D eigenvalue weighted by molar-refractivity contribution is 6.34. The third-order valence-electron chi connectivity index (χ3n) is 12.3. The van der Waals surface area contributed by atoms with E-state index in [2.05, 4.69) is 17.6 Å². The molecule has 2 N–H and O–H groups in total. The number of unbranched alkanes of at least 4 members (excludes halogenated alkanes) is 9. The minimum Gasteiger partial charge on any atom is -0.473 e. The fourth-order valence-corrected chi connectivity index (χ4v) is 8.26. The van der Waals surface area contributed by atoms with Gasteiger partial charge >= 0.3 is 12.0 Å². The zero-order chi connectivity index (χ0) is 55.5. The molecule has 406 valence electrons. The summed E-state index contributed by atoms with van der Waals surface area (Å²) in [5.74, 6) is -3.40. The number of carbonyl (C=O) groups is 7. The van der Waals surface area contributed by atoms with Gasteiger partial charge in [-0.15, -0.1) is 0 Å². The zero-order valence-electron chi connectivity index (χ0n) is 45.3. The lowest BCUT2D eigenvalue weighted by Gasteiger charge is -2.29. The quantitative estimate of drug-likeness (QED) is 0.0281. The van der Waals surface area contributed by atoms with Crippen LogP contribution in [0, 0.1) is 24.7 Å². The van der Waals surface area contributed by atoms with E-state index in [1.807, 2.05) is 38.1 Å². The zero-order valence-corrected chi connectivity index (χ0v) is 46.8. The standard InChI is InChI=1S/C38H52ClN3O7.C21H24ClNO3/c1-6-8-9-10-11-12-13-14-15-19-24-49-36(46)28-22-23-29(39)30(25-28)40-33(44)31(32(43)38(3,4)5)42-34(45)35(48-7-2)41(37(42)47)26-27-20-17-16-18-21-27;1-13-6-9-15(10-7-13)26-18(19(24)21(3,4)5)20(25)23-17-12-14(2)8-11-16(17)22/h16-18,20-23,25,31,35H,6-15,19,24,26H2,1-5H3,(H,40,44);6-12,18H,1-5H3,(H,23,25). The number of Topliss-reactive ketones (excluding diaryl/α,β-unsaturated/α-hetero) is 2. The Morgan fingerprint density at radius 3 is 1.75 bits per heavy atom. The van der Waals surface area contributed by atoms with E-state index in [1.165, 1.54) is 68.0 Å². The number of ketones is 2. The molecule has 1 fully saturated rings. The van der Waals surface area contributed by atoms with Crippen molar-refractivity contribution in [1.82, 2.24) is 9.80 Å². The van der Waals surface area contributed by atoms with E-state index in [1.54, 1.807) is 97.0 Å². The monoisotopic (exact) mass is 1070 g/mol. The van der Waals surface area contributed by atoms with E-state index in [0.29, 0.717) is 21.4 Å². The van der Waals surface area contributed by atoms with Crippen LogP contribution in [-0.4, -0.2) is 82.7 Å². The lowest BCUT2D eigenvalue weighted by atomic mass is 9.85. The molecule has 75 heavy (non-hydrogen) atoms. The van der Waals surface area contributed by atoms with E-state index in [9.17, 15) is 33.6 Å². The largest absolute Gasteiger partial charge is 0.473 e. The van der Waals surface area contributed by atoms with Crippen molar-refractivity contribution in [2.24, 2.45) is 10.8 Å². The van der Waals surface area contributed by atoms with Crippen LogP contribution in [0.15, 0.2) is 91.0 Å². The van der Waals surface area contributed by atoms with Crippen molar-refractivity contribution in [2.75, 3.05) is 23.8 Å². The number of ether oxygens (including phenoxy) is 3. The lowest BCUT2D eigenvalue weighted by Crippen LogP contribution is -2.55. The molecule has 0 bridgehead atoms. The summed E-state index contributed by atoms with van der Waals surface area (Å²) in [5.41, 5.74) is 1.55. The minimum atomic E-state index is -1.83. The number of nitrogens with zero attached hydrogens (tertiary/aromatic N) is 2. The van der Waals surface area contributed by atoms with Crippen LogP contribution in [0.1, 0.15) is 147 Å². The molecule has 1 aliphatic heterocycles. The predicted molar refractivity (Wildman–Crippen MR) is 295 cm³/mol. The van der Waals surface area contributed by atoms with Crippen molar-refractivity contribution in [1.29, 1.82) is 0 Å². The van der Waals surface area contributed by atoms with E-state index >= 15 is 0 Å². The Morgan fingerprint density at radius 1 is 0.640 bits per heavy atom. The number of urea groups is 1. The molecule has 0 aliphatic carbocycles. The molecule has 0 spiro atoms. The van der Waals surface area contributed by atoms with Crippen LogP contribution in [0.3, 0.4) is 0 Å². The summed E-state index contributed by atoms with van der Waals surface area (Å²) >= 11 is 12.6. The van der Waals surface area contributed by atoms with Crippen molar-refractivity contribution >= 4 is 75.9 Å². The Kier molecular flexibility index (Phi) is 24.0. The van der Waals surface area contributed by atoms with E-state index in [0.717, 1.165) is 36.0 Å². The molecular formula is C59H76Cl2N4O10. The van der Waals surface area contributed by atoms with Crippen molar-refractivity contribution in [2.45, 2.75) is 158 Å². The molecule has 0 aromatic heterocycles. The first-order chi connectivity index (χ1) is 35.5. The number of rotatable bonds is 25. The summed E-state index contributed by atoms with van der Waals surface area (Å²) in [4.78, 5) is 95.6. The average molecular weight is 1070 g/mol. The number of hydrogen-bond acceptors (Lipinski definition) is 10. The second kappa shape index (κ2) is 29.3. The van der Waals surface area contributed by atoms with Gasteiger partial charge in [0.05, 0.1) is 40.1 Å². The number of carbonyl (C=O) groups excluding carboxylic acids is 7. The summed E-state index contributed by atoms with van der Waals surface area (Å²) in [6.07, 6.45) is 9.02. The van der Waals surface area contributed by atoms with E-state index in [-0.39, 0.29) is 41.8 Å². The Hall–Kier alpha value is -6.09. The number of aryl methyl sites for hydroxylation is 2. The van der Waals surface area contributed by atoms with Gasteiger partial charge < -0.3 is 24.8 Å². The molecule has 0 saturated carbocycles. The fraction of sp³-hybridized carbons (Fsp3) is 0.475. The maximum atomic E-state index is 13.9. The third kappa shape index (κ3) is 18.6. The topological polar surface area (TPSA) is 178 Å². The van der Waals surface area contributed by atoms with E-state index < -0.39 is 64.7 Å².